The topological polar surface area (TPSA) is 9.23 Å². The maximum Gasteiger partial charge on any atom is 0.119 e. The number of rotatable bonds is 2. The van der Waals surface area contributed by atoms with Crippen LogP contribution in [0.5, 0.6) is 5.75 Å². The van der Waals surface area contributed by atoms with Gasteiger partial charge in [-0.2, -0.15) is 0 Å². The van der Waals surface area contributed by atoms with Crippen LogP contribution in [0.1, 0.15) is 38.2 Å². The van der Waals surface area contributed by atoms with Crippen LogP contribution in [-0.4, -0.2) is 6.10 Å². The van der Waals surface area contributed by atoms with Crippen LogP contribution in [-0.2, 0) is 0 Å². The van der Waals surface area contributed by atoms with Crippen molar-refractivity contribution in [2.75, 3.05) is 0 Å². The van der Waals surface area contributed by atoms with Crippen molar-refractivity contribution in [2.45, 2.75) is 45.6 Å². The molecule has 1 heteroatoms. The van der Waals surface area contributed by atoms with Gasteiger partial charge in [-0.1, -0.05) is 24.6 Å². The smallest absolute Gasteiger partial charge is 0.119 e. The maximum atomic E-state index is 5.96. The molecule has 1 aliphatic rings. The first-order chi connectivity index (χ1) is 7.24. The summed E-state index contributed by atoms with van der Waals surface area (Å²) >= 11 is 0. The Hall–Kier alpha value is -0.980. The van der Waals surface area contributed by atoms with Crippen molar-refractivity contribution >= 4 is 0 Å². The van der Waals surface area contributed by atoms with Crippen LogP contribution in [0, 0.1) is 12.8 Å². The molecule has 1 aromatic rings. The molecule has 82 valence electrons. The molecule has 1 fully saturated rings. The molecule has 0 unspecified atom stereocenters. The highest BCUT2D eigenvalue weighted by Gasteiger charge is 2.19. The van der Waals surface area contributed by atoms with Crippen molar-refractivity contribution in [1.82, 2.24) is 0 Å². The fraction of sp³-hybridized carbons (Fsp3) is 0.571. The van der Waals surface area contributed by atoms with Gasteiger partial charge in [-0.05, 0) is 50.7 Å². The summed E-state index contributed by atoms with van der Waals surface area (Å²) in [6.45, 7) is 4.44. The average Bonchev–Trinajstić information content (AvgIpc) is 2.25. The Morgan fingerprint density at radius 3 is 2.20 bits per heavy atom. The molecule has 15 heavy (non-hydrogen) atoms. The molecule has 0 N–H and O–H groups in total. The van der Waals surface area contributed by atoms with Gasteiger partial charge in [0.25, 0.3) is 0 Å². The first-order valence-corrected chi connectivity index (χ1v) is 5.97. The molecule has 0 spiro atoms. The van der Waals surface area contributed by atoms with E-state index in [-0.39, 0.29) is 0 Å². The van der Waals surface area contributed by atoms with Crippen molar-refractivity contribution in [2.24, 2.45) is 5.92 Å². The zero-order chi connectivity index (χ0) is 10.7. The Bertz CT molecular complexity index is 294. The molecule has 0 saturated heterocycles. The Labute approximate surface area is 92.5 Å². The fourth-order valence-electron chi connectivity index (χ4n) is 2.16. The van der Waals surface area contributed by atoms with Gasteiger partial charge in [0.15, 0.2) is 0 Å². The molecule has 1 aliphatic carbocycles. The summed E-state index contributed by atoms with van der Waals surface area (Å²) < 4.78 is 5.96. The number of ether oxygens (including phenoxy) is 1. The minimum absolute atomic E-state index is 0.448. The molecule has 0 amide bonds. The molecule has 0 aromatic heterocycles. The predicted molar refractivity (Wildman–Crippen MR) is 63.2 cm³/mol. The lowest BCUT2D eigenvalue weighted by atomic mass is 9.89. The van der Waals surface area contributed by atoms with Gasteiger partial charge in [0.1, 0.15) is 5.75 Å². The van der Waals surface area contributed by atoms with E-state index in [9.17, 15) is 0 Å². The molecule has 0 heterocycles. The molecule has 2 rings (SSSR count). The molecule has 1 nitrogen and oxygen atoms in total. The lowest BCUT2D eigenvalue weighted by Crippen LogP contribution is -2.22. The predicted octanol–water partition coefficient (Wildman–Crippen LogP) is 3.95. The quantitative estimate of drug-likeness (QED) is 0.708. The minimum Gasteiger partial charge on any atom is -0.490 e. The molecule has 0 aliphatic heterocycles. The molecular weight excluding hydrogens is 184 g/mol. The number of aryl methyl sites for hydroxylation is 1. The van der Waals surface area contributed by atoms with Crippen LogP contribution >= 0.6 is 0 Å². The van der Waals surface area contributed by atoms with E-state index >= 15 is 0 Å². The summed E-state index contributed by atoms with van der Waals surface area (Å²) in [6, 6.07) is 8.38. The molecule has 0 atom stereocenters. The average molecular weight is 204 g/mol. The van der Waals surface area contributed by atoms with Gasteiger partial charge < -0.3 is 4.74 Å². The zero-order valence-corrected chi connectivity index (χ0v) is 9.70. The van der Waals surface area contributed by atoms with Gasteiger partial charge in [0.2, 0.25) is 0 Å². The van der Waals surface area contributed by atoms with Crippen LogP contribution < -0.4 is 4.74 Å². The van der Waals surface area contributed by atoms with Gasteiger partial charge in [-0.25, -0.2) is 0 Å². The fourth-order valence-corrected chi connectivity index (χ4v) is 2.16. The second-order valence-electron chi connectivity index (χ2n) is 4.81. The Morgan fingerprint density at radius 1 is 1.00 bits per heavy atom. The van der Waals surface area contributed by atoms with Crippen molar-refractivity contribution in [3.63, 3.8) is 0 Å². The lowest BCUT2D eigenvalue weighted by molar-refractivity contribution is 0.135. The summed E-state index contributed by atoms with van der Waals surface area (Å²) in [5.74, 6) is 1.92. The van der Waals surface area contributed by atoms with Crippen LogP contribution in [0.4, 0.5) is 0 Å². The van der Waals surface area contributed by atoms with E-state index in [0.717, 1.165) is 11.7 Å². The van der Waals surface area contributed by atoms with Crippen molar-refractivity contribution in [1.29, 1.82) is 0 Å². The molecule has 0 radical (unpaired) electrons. The third kappa shape index (κ3) is 2.98. The Morgan fingerprint density at radius 2 is 1.60 bits per heavy atom. The van der Waals surface area contributed by atoms with Crippen LogP contribution in [0.3, 0.4) is 0 Å². The van der Waals surface area contributed by atoms with E-state index in [1.165, 1.54) is 31.2 Å². The van der Waals surface area contributed by atoms with Gasteiger partial charge in [-0.3, -0.25) is 0 Å². The highest BCUT2D eigenvalue weighted by atomic mass is 16.5. The monoisotopic (exact) mass is 204 g/mol. The highest BCUT2D eigenvalue weighted by Crippen LogP contribution is 2.27. The maximum absolute atomic E-state index is 5.96. The van der Waals surface area contributed by atoms with Gasteiger partial charge >= 0.3 is 0 Å². The number of hydrogen-bond acceptors (Lipinski definition) is 1. The Kier molecular flexibility index (Phi) is 3.30. The standard InChI is InChI=1S/C14H20O/c1-11-3-7-13(8-4-11)15-14-9-5-12(2)6-10-14/h3-4,7-8,12,14H,5-6,9-10H2,1-2H3. The zero-order valence-electron chi connectivity index (χ0n) is 9.70. The normalized spacial score (nSPS) is 26.3. The van der Waals surface area contributed by atoms with E-state index in [1.807, 2.05) is 0 Å². The third-order valence-electron chi connectivity index (χ3n) is 3.29. The minimum atomic E-state index is 0.448. The van der Waals surface area contributed by atoms with E-state index in [1.54, 1.807) is 0 Å². The summed E-state index contributed by atoms with van der Waals surface area (Å²) in [6.07, 6.45) is 5.51. The van der Waals surface area contributed by atoms with Crippen molar-refractivity contribution in [3.05, 3.63) is 29.8 Å². The van der Waals surface area contributed by atoms with Crippen LogP contribution in [0.25, 0.3) is 0 Å². The van der Waals surface area contributed by atoms with Gasteiger partial charge in [0, 0.05) is 0 Å². The second kappa shape index (κ2) is 4.69. The summed E-state index contributed by atoms with van der Waals surface area (Å²) in [7, 11) is 0. The summed E-state index contributed by atoms with van der Waals surface area (Å²) in [4.78, 5) is 0. The lowest BCUT2D eigenvalue weighted by Gasteiger charge is -2.26. The molecule has 1 saturated carbocycles. The van der Waals surface area contributed by atoms with Crippen molar-refractivity contribution in [3.8, 4) is 5.75 Å². The van der Waals surface area contributed by atoms with Crippen molar-refractivity contribution < 1.29 is 4.74 Å². The summed E-state index contributed by atoms with van der Waals surface area (Å²) in [5, 5.41) is 0. The molecular formula is C14H20O. The first-order valence-electron chi connectivity index (χ1n) is 5.97. The van der Waals surface area contributed by atoms with Gasteiger partial charge in [-0.15, -0.1) is 0 Å². The summed E-state index contributed by atoms with van der Waals surface area (Å²) in [5.41, 5.74) is 1.29. The number of benzene rings is 1. The van der Waals surface area contributed by atoms with E-state index in [0.29, 0.717) is 6.10 Å². The first kappa shape index (κ1) is 10.5. The highest BCUT2D eigenvalue weighted by molar-refractivity contribution is 5.26. The Balaban J connectivity index is 1.89. The van der Waals surface area contributed by atoms with Crippen LogP contribution in [0.2, 0.25) is 0 Å². The molecule has 1 aromatic carbocycles. The van der Waals surface area contributed by atoms with E-state index in [4.69, 9.17) is 4.74 Å². The third-order valence-corrected chi connectivity index (χ3v) is 3.29. The second-order valence-corrected chi connectivity index (χ2v) is 4.81. The number of hydrogen-bond donors (Lipinski definition) is 0. The largest absolute Gasteiger partial charge is 0.490 e. The van der Waals surface area contributed by atoms with Gasteiger partial charge in [0.05, 0.1) is 6.10 Å². The van der Waals surface area contributed by atoms with Crippen LogP contribution in [0.15, 0.2) is 24.3 Å². The SMILES string of the molecule is Cc1ccc(OC2CCC(C)CC2)cc1. The van der Waals surface area contributed by atoms with E-state index in [2.05, 4.69) is 38.1 Å². The molecule has 0 bridgehead atoms. The van der Waals surface area contributed by atoms with E-state index < -0.39 is 0 Å².